The van der Waals surface area contributed by atoms with Gasteiger partial charge in [-0.05, 0) is 13.0 Å². The third-order valence-corrected chi connectivity index (χ3v) is 3.78. The quantitative estimate of drug-likeness (QED) is 0.792. The number of thiazole rings is 1. The minimum Gasteiger partial charge on any atom is -0.296 e. The van der Waals surface area contributed by atoms with Crippen molar-refractivity contribution in [2.45, 2.75) is 6.92 Å². The normalized spacial score (nSPS) is 11.0. The average Bonchev–Trinajstić information content (AvgIpc) is 2.92. The van der Waals surface area contributed by atoms with Gasteiger partial charge in [0, 0.05) is 24.9 Å². The molecule has 0 aliphatic rings. The van der Waals surface area contributed by atoms with Crippen LogP contribution in [0.15, 0.2) is 18.3 Å². The first-order valence-corrected chi connectivity index (χ1v) is 6.83. The standard InChI is InChI=1S/C13H10F2N4OS/c1-6-5-19(2)18-10(6)12(20)17-13-16-11-8(15)3-7(14)4-9(11)21-13/h3-5H,1-2H3,(H,16,17,20). The Morgan fingerprint density at radius 1 is 1.38 bits per heavy atom. The molecule has 0 aliphatic heterocycles. The van der Waals surface area contributed by atoms with Gasteiger partial charge in [0.05, 0.1) is 4.70 Å². The molecule has 0 radical (unpaired) electrons. The van der Waals surface area contributed by atoms with Gasteiger partial charge in [-0.25, -0.2) is 13.8 Å². The van der Waals surface area contributed by atoms with Crippen molar-refractivity contribution in [1.29, 1.82) is 0 Å². The predicted molar refractivity (Wildman–Crippen MR) is 75.4 cm³/mol. The molecule has 21 heavy (non-hydrogen) atoms. The van der Waals surface area contributed by atoms with Crippen LogP contribution >= 0.6 is 11.3 Å². The van der Waals surface area contributed by atoms with E-state index in [0.29, 0.717) is 10.3 Å². The maximum absolute atomic E-state index is 13.6. The van der Waals surface area contributed by atoms with Gasteiger partial charge < -0.3 is 0 Å². The molecule has 0 spiro atoms. The van der Waals surface area contributed by atoms with E-state index in [1.807, 2.05) is 0 Å². The van der Waals surface area contributed by atoms with Crippen molar-refractivity contribution >= 4 is 32.6 Å². The van der Waals surface area contributed by atoms with Crippen molar-refractivity contribution in [2.24, 2.45) is 7.05 Å². The number of anilines is 1. The number of halogens is 2. The zero-order valence-corrected chi connectivity index (χ0v) is 12.0. The highest BCUT2D eigenvalue weighted by Crippen LogP contribution is 2.29. The van der Waals surface area contributed by atoms with E-state index >= 15 is 0 Å². The number of rotatable bonds is 2. The lowest BCUT2D eigenvalue weighted by Crippen LogP contribution is -2.13. The Morgan fingerprint density at radius 2 is 2.14 bits per heavy atom. The monoisotopic (exact) mass is 308 g/mol. The lowest BCUT2D eigenvalue weighted by Gasteiger charge is -1.98. The number of hydrogen-bond acceptors (Lipinski definition) is 4. The maximum atomic E-state index is 13.6. The lowest BCUT2D eigenvalue weighted by molar-refractivity contribution is 0.102. The molecule has 0 bridgehead atoms. The van der Waals surface area contributed by atoms with Crippen molar-refractivity contribution < 1.29 is 13.6 Å². The van der Waals surface area contributed by atoms with Crippen molar-refractivity contribution in [3.8, 4) is 0 Å². The second kappa shape index (κ2) is 4.88. The summed E-state index contributed by atoms with van der Waals surface area (Å²) in [6.07, 6.45) is 1.71. The van der Waals surface area contributed by atoms with E-state index in [1.54, 1.807) is 20.2 Å². The summed E-state index contributed by atoms with van der Waals surface area (Å²) in [5.74, 6) is -1.87. The Kier molecular flexibility index (Phi) is 3.17. The second-order valence-electron chi connectivity index (χ2n) is 4.54. The van der Waals surface area contributed by atoms with Gasteiger partial charge in [-0.15, -0.1) is 0 Å². The first-order valence-electron chi connectivity index (χ1n) is 6.01. The van der Waals surface area contributed by atoms with E-state index in [1.165, 1.54) is 10.7 Å². The van der Waals surface area contributed by atoms with E-state index in [2.05, 4.69) is 15.4 Å². The van der Waals surface area contributed by atoms with Crippen LogP contribution in [0.5, 0.6) is 0 Å². The molecule has 3 aromatic rings. The summed E-state index contributed by atoms with van der Waals surface area (Å²) in [5, 5.41) is 6.79. The minimum atomic E-state index is -0.754. The summed E-state index contributed by atoms with van der Waals surface area (Å²) in [6, 6.07) is 1.94. The summed E-state index contributed by atoms with van der Waals surface area (Å²) in [4.78, 5) is 16.1. The fourth-order valence-corrected chi connectivity index (χ4v) is 2.90. The van der Waals surface area contributed by atoms with Gasteiger partial charge in [0.2, 0.25) is 0 Å². The predicted octanol–water partition coefficient (Wildman–Crippen LogP) is 2.87. The minimum absolute atomic E-state index is 0.0365. The Bertz CT molecular complexity index is 855. The highest BCUT2D eigenvalue weighted by atomic mass is 32.1. The highest BCUT2D eigenvalue weighted by Gasteiger charge is 2.16. The van der Waals surface area contributed by atoms with Crippen LogP contribution < -0.4 is 5.32 Å². The molecule has 0 aliphatic carbocycles. The molecule has 108 valence electrons. The molecule has 0 unspecified atom stereocenters. The third kappa shape index (κ3) is 2.49. The Balaban J connectivity index is 1.93. The molecule has 3 rings (SSSR count). The van der Waals surface area contributed by atoms with Crippen LogP contribution in [0.25, 0.3) is 10.2 Å². The number of fused-ring (bicyclic) bond motifs is 1. The molecule has 1 N–H and O–H groups in total. The van der Waals surface area contributed by atoms with Crippen LogP contribution in [0.3, 0.4) is 0 Å². The molecule has 0 saturated heterocycles. The van der Waals surface area contributed by atoms with E-state index in [-0.39, 0.29) is 16.3 Å². The molecule has 0 saturated carbocycles. The Morgan fingerprint density at radius 3 is 2.81 bits per heavy atom. The van der Waals surface area contributed by atoms with Crippen LogP contribution in [-0.4, -0.2) is 20.7 Å². The second-order valence-corrected chi connectivity index (χ2v) is 5.57. The van der Waals surface area contributed by atoms with E-state index in [9.17, 15) is 13.6 Å². The maximum Gasteiger partial charge on any atom is 0.278 e. The van der Waals surface area contributed by atoms with E-state index < -0.39 is 17.5 Å². The van der Waals surface area contributed by atoms with Crippen molar-refractivity contribution in [1.82, 2.24) is 14.8 Å². The fourth-order valence-electron chi connectivity index (χ4n) is 2.00. The number of amides is 1. The molecular weight excluding hydrogens is 298 g/mol. The van der Waals surface area contributed by atoms with E-state index in [4.69, 9.17) is 0 Å². The van der Waals surface area contributed by atoms with Gasteiger partial charge in [0.1, 0.15) is 11.3 Å². The molecule has 0 atom stereocenters. The smallest absolute Gasteiger partial charge is 0.278 e. The number of carbonyl (C=O) groups is 1. The average molecular weight is 308 g/mol. The molecule has 5 nitrogen and oxygen atoms in total. The van der Waals surface area contributed by atoms with Crippen molar-refractivity contribution in [3.05, 3.63) is 41.2 Å². The van der Waals surface area contributed by atoms with Gasteiger partial charge >= 0.3 is 0 Å². The zero-order chi connectivity index (χ0) is 15.1. The Hall–Kier alpha value is -2.35. The SMILES string of the molecule is Cc1cn(C)nc1C(=O)Nc1nc2c(F)cc(F)cc2s1. The first kappa shape index (κ1) is 13.6. The molecule has 1 amide bonds. The summed E-state index contributed by atoms with van der Waals surface area (Å²) in [5.41, 5.74) is 1.02. The highest BCUT2D eigenvalue weighted by molar-refractivity contribution is 7.22. The molecule has 8 heteroatoms. The van der Waals surface area contributed by atoms with Gasteiger partial charge in [0.15, 0.2) is 16.6 Å². The van der Waals surface area contributed by atoms with Crippen LogP contribution in [-0.2, 0) is 7.05 Å². The first-order chi connectivity index (χ1) is 9.94. The molecule has 1 aromatic carbocycles. The fraction of sp³-hybridized carbons (Fsp3) is 0.154. The summed E-state index contributed by atoms with van der Waals surface area (Å²) in [6.45, 7) is 1.76. The number of aryl methyl sites for hydroxylation is 2. The zero-order valence-electron chi connectivity index (χ0n) is 11.1. The van der Waals surface area contributed by atoms with Crippen LogP contribution in [0.1, 0.15) is 16.1 Å². The molecular formula is C13H10F2N4OS. The number of aromatic nitrogens is 3. The molecule has 2 heterocycles. The van der Waals surface area contributed by atoms with Gasteiger partial charge in [-0.1, -0.05) is 11.3 Å². The van der Waals surface area contributed by atoms with Crippen molar-refractivity contribution in [2.75, 3.05) is 5.32 Å². The summed E-state index contributed by atoms with van der Waals surface area (Å²) < 4.78 is 28.6. The van der Waals surface area contributed by atoms with Crippen LogP contribution in [0.2, 0.25) is 0 Å². The van der Waals surface area contributed by atoms with Gasteiger partial charge in [-0.2, -0.15) is 5.10 Å². The van der Waals surface area contributed by atoms with E-state index in [0.717, 1.165) is 17.4 Å². The Labute approximate surface area is 122 Å². The lowest BCUT2D eigenvalue weighted by atomic mass is 10.3. The molecule has 0 fully saturated rings. The molecule has 2 aromatic heterocycles. The number of benzene rings is 1. The topological polar surface area (TPSA) is 59.8 Å². The van der Waals surface area contributed by atoms with Gasteiger partial charge in [0.25, 0.3) is 5.91 Å². The van der Waals surface area contributed by atoms with Crippen molar-refractivity contribution in [3.63, 3.8) is 0 Å². The summed E-state index contributed by atoms with van der Waals surface area (Å²) >= 11 is 1.00. The number of nitrogens with zero attached hydrogens (tertiary/aromatic N) is 3. The van der Waals surface area contributed by atoms with Gasteiger partial charge in [-0.3, -0.25) is 14.8 Å². The number of hydrogen-bond donors (Lipinski definition) is 1. The number of nitrogens with one attached hydrogen (secondary N) is 1. The number of carbonyl (C=O) groups excluding carboxylic acids is 1. The summed E-state index contributed by atoms with van der Waals surface area (Å²) in [7, 11) is 1.71. The third-order valence-electron chi connectivity index (χ3n) is 2.86. The van der Waals surface area contributed by atoms with Crippen LogP contribution in [0.4, 0.5) is 13.9 Å². The van der Waals surface area contributed by atoms with Crippen LogP contribution in [0, 0.1) is 18.6 Å². The largest absolute Gasteiger partial charge is 0.296 e.